The number of rotatable bonds is 2. The summed E-state index contributed by atoms with van der Waals surface area (Å²) in [5.74, 6) is -0.216. The van der Waals surface area contributed by atoms with Crippen molar-refractivity contribution < 1.29 is 9.59 Å². The molecule has 1 atom stereocenters. The van der Waals surface area contributed by atoms with Crippen molar-refractivity contribution in [3.8, 4) is 0 Å². The topological polar surface area (TPSA) is 46.2 Å². The van der Waals surface area contributed by atoms with E-state index in [9.17, 15) is 9.59 Å². The van der Waals surface area contributed by atoms with Gasteiger partial charge in [-0.25, -0.2) is 0 Å². The van der Waals surface area contributed by atoms with Crippen molar-refractivity contribution in [2.45, 2.75) is 18.9 Å². The summed E-state index contributed by atoms with van der Waals surface area (Å²) in [7, 11) is 0. The van der Waals surface area contributed by atoms with Crippen LogP contribution in [0.3, 0.4) is 0 Å². The van der Waals surface area contributed by atoms with E-state index in [-0.39, 0.29) is 18.1 Å². The number of carbonyl (C=O) groups excluding carboxylic acids is 2. The maximum absolute atomic E-state index is 12.4. The van der Waals surface area contributed by atoms with Crippen LogP contribution in [0.2, 0.25) is 5.02 Å². The van der Waals surface area contributed by atoms with Crippen LogP contribution in [-0.4, -0.2) is 17.7 Å². The van der Waals surface area contributed by atoms with Crippen molar-refractivity contribution in [1.82, 2.24) is 5.32 Å². The summed E-state index contributed by atoms with van der Waals surface area (Å²) in [4.78, 5) is 24.8. The van der Waals surface area contributed by atoms with E-state index in [0.717, 1.165) is 14.7 Å². The van der Waals surface area contributed by atoms with Gasteiger partial charge in [0, 0.05) is 20.6 Å². The number of nitrogens with one attached hydrogen (secondary N) is 1. The Kier molecular flexibility index (Phi) is 4.49. The lowest BCUT2D eigenvalue weighted by atomic mass is 9.98. The Hall–Kier alpha value is -1.40. The molecule has 2 aromatic rings. The second-order valence-electron chi connectivity index (χ2n) is 5.30. The number of hydrogen-bond donors (Lipinski definition) is 1. The Labute approximate surface area is 147 Å². The van der Waals surface area contributed by atoms with Crippen LogP contribution in [0, 0.1) is 3.57 Å². The molecule has 0 aromatic heterocycles. The highest BCUT2D eigenvalue weighted by Crippen LogP contribution is 2.21. The molecule has 0 saturated carbocycles. The van der Waals surface area contributed by atoms with Gasteiger partial charge in [-0.3, -0.25) is 9.59 Å². The molecule has 0 bridgehead atoms. The zero-order valence-electron chi connectivity index (χ0n) is 11.6. The molecule has 1 amide bonds. The SMILES string of the molecule is O=C1N[C@H](Cc2ccc(I)cc2)C(=O)Cc2ccc(Cl)cc21. The number of carbonyl (C=O) groups is 2. The zero-order chi connectivity index (χ0) is 15.7. The molecule has 3 nitrogen and oxygen atoms in total. The van der Waals surface area contributed by atoms with E-state index in [1.807, 2.05) is 24.3 Å². The van der Waals surface area contributed by atoms with Gasteiger partial charge < -0.3 is 5.32 Å². The number of hydrogen-bond acceptors (Lipinski definition) is 2. The third-order valence-electron chi connectivity index (χ3n) is 3.73. The summed E-state index contributed by atoms with van der Waals surface area (Å²) in [5.41, 5.74) is 2.26. The van der Waals surface area contributed by atoms with Gasteiger partial charge in [0.15, 0.2) is 5.78 Å². The van der Waals surface area contributed by atoms with Crippen LogP contribution in [0.4, 0.5) is 0 Å². The van der Waals surface area contributed by atoms with Crippen LogP contribution in [0.5, 0.6) is 0 Å². The smallest absolute Gasteiger partial charge is 0.252 e. The van der Waals surface area contributed by atoms with Gasteiger partial charge in [-0.15, -0.1) is 0 Å². The Morgan fingerprint density at radius 1 is 1.14 bits per heavy atom. The molecule has 0 radical (unpaired) electrons. The highest BCUT2D eigenvalue weighted by Gasteiger charge is 2.28. The van der Waals surface area contributed by atoms with Gasteiger partial charge in [0.2, 0.25) is 0 Å². The molecule has 112 valence electrons. The Morgan fingerprint density at radius 3 is 2.59 bits per heavy atom. The normalized spacial score (nSPS) is 17.6. The van der Waals surface area contributed by atoms with Gasteiger partial charge in [-0.2, -0.15) is 0 Å². The van der Waals surface area contributed by atoms with E-state index >= 15 is 0 Å². The highest BCUT2D eigenvalue weighted by molar-refractivity contribution is 14.1. The van der Waals surface area contributed by atoms with E-state index in [2.05, 4.69) is 27.9 Å². The minimum atomic E-state index is -0.501. The van der Waals surface area contributed by atoms with E-state index < -0.39 is 6.04 Å². The standard InChI is InChI=1S/C17H13ClINO2/c18-12-4-3-11-8-16(21)15(20-17(22)14(11)9-12)7-10-1-5-13(19)6-2-10/h1-6,9,15H,7-8H2,(H,20,22)/t15-/m1/s1. The van der Waals surface area contributed by atoms with Gasteiger partial charge in [0.1, 0.15) is 0 Å². The molecule has 5 heteroatoms. The molecule has 1 heterocycles. The van der Waals surface area contributed by atoms with E-state index in [1.165, 1.54) is 0 Å². The summed E-state index contributed by atoms with van der Waals surface area (Å²) < 4.78 is 1.14. The molecule has 1 aliphatic rings. The Bertz CT molecular complexity index is 743. The minimum Gasteiger partial charge on any atom is -0.342 e. The molecule has 0 unspecified atom stereocenters. The third kappa shape index (κ3) is 3.33. The maximum atomic E-state index is 12.4. The van der Waals surface area contributed by atoms with Gasteiger partial charge in [-0.05, 0) is 64.4 Å². The average molecular weight is 426 g/mol. The first-order chi connectivity index (χ1) is 10.5. The molecule has 0 spiro atoms. The van der Waals surface area contributed by atoms with Crippen molar-refractivity contribution >= 4 is 45.9 Å². The third-order valence-corrected chi connectivity index (χ3v) is 4.68. The van der Waals surface area contributed by atoms with E-state index in [0.29, 0.717) is 17.0 Å². The summed E-state index contributed by atoms with van der Waals surface area (Å²) in [5, 5.41) is 3.32. The molecule has 0 aliphatic carbocycles. The summed E-state index contributed by atoms with van der Waals surface area (Å²) >= 11 is 8.18. The van der Waals surface area contributed by atoms with Crippen LogP contribution in [0.15, 0.2) is 42.5 Å². The van der Waals surface area contributed by atoms with Crippen molar-refractivity contribution in [3.63, 3.8) is 0 Å². The Morgan fingerprint density at radius 2 is 1.86 bits per heavy atom. The van der Waals surface area contributed by atoms with E-state index in [1.54, 1.807) is 18.2 Å². The quantitative estimate of drug-likeness (QED) is 0.750. The van der Waals surface area contributed by atoms with Gasteiger partial charge in [0.25, 0.3) is 5.91 Å². The average Bonchev–Trinajstić information content (AvgIpc) is 2.60. The molecule has 2 aromatic carbocycles. The van der Waals surface area contributed by atoms with Gasteiger partial charge >= 0.3 is 0 Å². The van der Waals surface area contributed by atoms with E-state index in [4.69, 9.17) is 11.6 Å². The fourth-order valence-corrected chi connectivity index (χ4v) is 3.09. The molecule has 1 N–H and O–H groups in total. The van der Waals surface area contributed by atoms with Gasteiger partial charge in [0.05, 0.1) is 6.04 Å². The summed E-state index contributed by atoms with van der Waals surface area (Å²) in [6.07, 6.45) is 0.753. The molecular weight excluding hydrogens is 413 g/mol. The highest BCUT2D eigenvalue weighted by atomic mass is 127. The van der Waals surface area contributed by atoms with Crippen LogP contribution in [0.1, 0.15) is 21.5 Å². The predicted octanol–water partition coefficient (Wildman–Crippen LogP) is 3.41. The molecule has 0 fully saturated rings. The van der Waals surface area contributed by atoms with Crippen LogP contribution in [-0.2, 0) is 17.6 Å². The number of amides is 1. The molecule has 3 rings (SSSR count). The number of benzene rings is 2. The first kappa shape index (κ1) is 15.5. The number of halogens is 2. The molecule has 0 saturated heterocycles. The lowest BCUT2D eigenvalue weighted by molar-refractivity contribution is -0.120. The number of Topliss-reactive ketones (excluding diaryl/α,β-unsaturated/α-hetero) is 1. The molecule has 22 heavy (non-hydrogen) atoms. The van der Waals surface area contributed by atoms with Gasteiger partial charge in [-0.1, -0.05) is 29.8 Å². The van der Waals surface area contributed by atoms with Crippen LogP contribution in [0.25, 0.3) is 0 Å². The van der Waals surface area contributed by atoms with Crippen LogP contribution >= 0.6 is 34.2 Å². The fourth-order valence-electron chi connectivity index (χ4n) is 2.56. The predicted molar refractivity (Wildman–Crippen MR) is 94.3 cm³/mol. The monoisotopic (exact) mass is 425 g/mol. The Balaban J connectivity index is 1.85. The second kappa shape index (κ2) is 6.38. The minimum absolute atomic E-state index is 0.0213. The first-order valence-electron chi connectivity index (χ1n) is 6.89. The second-order valence-corrected chi connectivity index (χ2v) is 6.98. The largest absolute Gasteiger partial charge is 0.342 e. The first-order valence-corrected chi connectivity index (χ1v) is 8.35. The maximum Gasteiger partial charge on any atom is 0.252 e. The van der Waals surface area contributed by atoms with Crippen LogP contribution < -0.4 is 5.32 Å². The number of ketones is 1. The fraction of sp³-hybridized carbons (Fsp3) is 0.176. The number of fused-ring (bicyclic) bond motifs is 1. The summed E-state index contributed by atoms with van der Waals surface area (Å²) in [6, 6.07) is 12.5. The van der Waals surface area contributed by atoms with Crippen molar-refractivity contribution in [3.05, 3.63) is 67.7 Å². The van der Waals surface area contributed by atoms with Crippen molar-refractivity contribution in [2.24, 2.45) is 0 Å². The molecule has 1 aliphatic heterocycles. The summed E-state index contributed by atoms with van der Waals surface area (Å²) in [6.45, 7) is 0. The lowest BCUT2D eigenvalue weighted by Crippen LogP contribution is -2.40. The van der Waals surface area contributed by atoms with Crippen molar-refractivity contribution in [1.29, 1.82) is 0 Å². The lowest BCUT2D eigenvalue weighted by Gasteiger charge is -2.14. The van der Waals surface area contributed by atoms with Crippen molar-refractivity contribution in [2.75, 3.05) is 0 Å². The zero-order valence-corrected chi connectivity index (χ0v) is 14.5. The molecular formula is C17H13ClINO2.